The summed E-state index contributed by atoms with van der Waals surface area (Å²) in [6.07, 6.45) is 0. The molecule has 1 heterocycles. The molecule has 0 amide bonds. The first kappa shape index (κ1) is 11.9. The largest absolute Gasteiger partial charge is 0.491 e. The Morgan fingerprint density at radius 1 is 1.24 bits per heavy atom. The summed E-state index contributed by atoms with van der Waals surface area (Å²) in [6, 6.07) is 7.77. The van der Waals surface area contributed by atoms with E-state index in [0.29, 0.717) is 18.3 Å². The Balaban J connectivity index is 2.02. The quantitative estimate of drug-likeness (QED) is 0.828. The van der Waals surface area contributed by atoms with Crippen LogP contribution in [0.4, 0.5) is 5.13 Å². The minimum absolute atomic E-state index is 0.555. The molecule has 0 aliphatic carbocycles. The highest BCUT2D eigenvalue weighted by atomic mass is 32.1. The van der Waals surface area contributed by atoms with Crippen molar-refractivity contribution in [3.05, 3.63) is 29.6 Å². The normalized spacial score (nSPS) is 10.4. The lowest BCUT2D eigenvalue weighted by Gasteiger charge is -2.05. The monoisotopic (exact) mass is 250 g/mol. The van der Waals surface area contributed by atoms with Crippen LogP contribution >= 0.6 is 11.3 Å². The van der Waals surface area contributed by atoms with Gasteiger partial charge in [0, 0.05) is 18.1 Å². The molecule has 2 aromatic rings. The lowest BCUT2D eigenvalue weighted by molar-refractivity contribution is 0.146. The third-order valence-corrected chi connectivity index (χ3v) is 2.90. The van der Waals surface area contributed by atoms with Gasteiger partial charge in [0.2, 0.25) is 0 Å². The first-order valence-electron chi connectivity index (χ1n) is 5.23. The minimum atomic E-state index is 0.555. The summed E-state index contributed by atoms with van der Waals surface area (Å²) in [5.74, 6) is 0.828. The first-order chi connectivity index (χ1) is 8.29. The number of anilines is 1. The number of nitrogens with zero attached hydrogens (tertiary/aromatic N) is 1. The summed E-state index contributed by atoms with van der Waals surface area (Å²) < 4.78 is 10.4. The van der Waals surface area contributed by atoms with E-state index in [1.54, 1.807) is 7.11 Å². The molecule has 0 bridgehead atoms. The van der Waals surface area contributed by atoms with E-state index in [4.69, 9.17) is 15.2 Å². The maximum atomic E-state index is 5.60. The fourth-order valence-electron chi connectivity index (χ4n) is 1.38. The molecule has 0 saturated carbocycles. The molecule has 0 aliphatic heterocycles. The number of ether oxygens (including phenoxy) is 2. The Bertz CT molecular complexity index is 468. The lowest BCUT2D eigenvalue weighted by Crippen LogP contribution is -2.03. The fraction of sp³-hybridized carbons (Fsp3) is 0.250. The SMILES string of the molecule is COCCOc1ccc(-c2csc(N)n2)cc1. The number of nitrogens with two attached hydrogens (primary N) is 1. The van der Waals surface area contributed by atoms with Gasteiger partial charge >= 0.3 is 0 Å². The lowest BCUT2D eigenvalue weighted by atomic mass is 10.2. The summed E-state index contributed by atoms with van der Waals surface area (Å²) in [7, 11) is 1.65. The zero-order chi connectivity index (χ0) is 12.1. The van der Waals surface area contributed by atoms with Crippen molar-refractivity contribution in [3.8, 4) is 17.0 Å². The van der Waals surface area contributed by atoms with Crippen LogP contribution in [0.2, 0.25) is 0 Å². The maximum Gasteiger partial charge on any atom is 0.180 e. The van der Waals surface area contributed by atoms with Crippen LogP contribution in [0.5, 0.6) is 5.75 Å². The van der Waals surface area contributed by atoms with Gasteiger partial charge in [0.15, 0.2) is 5.13 Å². The molecule has 0 aliphatic rings. The van der Waals surface area contributed by atoms with Crippen LogP contribution < -0.4 is 10.5 Å². The van der Waals surface area contributed by atoms with Crippen LogP contribution in [0.3, 0.4) is 0 Å². The van der Waals surface area contributed by atoms with E-state index in [0.717, 1.165) is 17.0 Å². The number of benzene rings is 1. The Labute approximate surface area is 104 Å². The van der Waals surface area contributed by atoms with E-state index in [1.807, 2.05) is 29.6 Å². The van der Waals surface area contributed by atoms with Gasteiger partial charge in [0.1, 0.15) is 12.4 Å². The van der Waals surface area contributed by atoms with Crippen LogP contribution in [-0.4, -0.2) is 25.3 Å². The maximum absolute atomic E-state index is 5.60. The van der Waals surface area contributed by atoms with Crippen LogP contribution in [-0.2, 0) is 4.74 Å². The molecule has 5 heteroatoms. The molecule has 4 nitrogen and oxygen atoms in total. The van der Waals surface area contributed by atoms with E-state index < -0.39 is 0 Å². The number of rotatable bonds is 5. The second-order valence-electron chi connectivity index (χ2n) is 3.44. The standard InChI is InChI=1S/C12H14N2O2S/c1-15-6-7-16-10-4-2-9(3-5-10)11-8-17-12(13)14-11/h2-5,8H,6-7H2,1H3,(H2,13,14). The summed E-state index contributed by atoms with van der Waals surface area (Å²) >= 11 is 1.44. The smallest absolute Gasteiger partial charge is 0.180 e. The van der Waals surface area contributed by atoms with Gasteiger partial charge in [-0.2, -0.15) is 0 Å². The van der Waals surface area contributed by atoms with Crippen molar-refractivity contribution in [2.75, 3.05) is 26.1 Å². The van der Waals surface area contributed by atoms with Gasteiger partial charge in [-0.25, -0.2) is 4.98 Å². The molecule has 17 heavy (non-hydrogen) atoms. The Kier molecular flexibility index (Phi) is 3.95. The van der Waals surface area contributed by atoms with E-state index in [-0.39, 0.29) is 0 Å². The Morgan fingerprint density at radius 2 is 2.00 bits per heavy atom. The second kappa shape index (κ2) is 5.65. The zero-order valence-electron chi connectivity index (χ0n) is 9.55. The molecule has 90 valence electrons. The van der Waals surface area contributed by atoms with Gasteiger partial charge in [-0.15, -0.1) is 11.3 Å². The summed E-state index contributed by atoms with van der Waals surface area (Å²) in [5.41, 5.74) is 7.53. The molecule has 2 N–H and O–H groups in total. The van der Waals surface area contributed by atoms with Gasteiger partial charge in [0.05, 0.1) is 12.3 Å². The molecule has 1 aromatic carbocycles. The Morgan fingerprint density at radius 3 is 2.59 bits per heavy atom. The van der Waals surface area contributed by atoms with Crippen LogP contribution in [0.15, 0.2) is 29.6 Å². The fourth-order valence-corrected chi connectivity index (χ4v) is 1.96. The minimum Gasteiger partial charge on any atom is -0.491 e. The molecular weight excluding hydrogens is 236 g/mol. The van der Waals surface area contributed by atoms with E-state index in [2.05, 4.69) is 4.98 Å². The summed E-state index contributed by atoms with van der Waals surface area (Å²) in [6.45, 7) is 1.14. The average molecular weight is 250 g/mol. The highest BCUT2D eigenvalue weighted by Gasteiger charge is 2.02. The van der Waals surface area contributed by atoms with E-state index >= 15 is 0 Å². The number of nitrogen functional groups attached to an aromatic ring is 1. The van der Waals surface area contributed by atoms with Crippen molar-refractivity contribution >= 4 is 16.5 Å². The Hall–Kier alpha value is -1.59. The highest BCUT2D eigenvalue weighted by Crippen LogP contribution is 2.24. The number of hydrogen-bond acceptors (Lipinski definition) is 5. The van der Waals surface area contributed by atoms with Gasteiger partial charge < -0.3 is 15.2 Å². The van der Waals surface area contributed by atoms with Crippen molar-refractivity contribution < 1.29 is 9.47 Å². The third kappa shape index (κ3) is 3.18. The molecule has 0 atom stereocenters. The predicted octanol–water partition coefficient (Wildman–Crippen LogP) is 2.42. The molecule has 0 radical (unpaired) electrons. The van der Waals surface area contributed by atoms with Gasteiger partial charge in [-0.3, -0.25) is 0 Å². The van der Waals surface area contributed by atoms with Gasteiger partial charge in [-0.1, -0.05) is 0 Å². The van der Waals surface area contributed by atoms with Crippen molar-refractivity contribution in [1.29, 1.82) is 0 Å². The third-order valence-electron chi connectivity index (χ3n) is 2.23. The first-order valence-corrected chi connectivity index (χ1v) is 6.11. The van der Waals surface area contributed by atoms with Gasteiger partial charge in [0.25, 0.3) is 0 Å². The van der Waals surface area contributed by atoms with E-state index in [9.17, 15) is 0 Å². The second-order valence-corrected chi connectivity index (χ2v) is 4.33. The molecule has 0 saturated heterocycles. The molecule has 0 fully saturated rings. The number of aromatic nitrogens is 1. The van der Waals surface area contributed by atoms with Crippen molar-refractivity contribution in [2.24, 2.45) is 0 Å². The zero-order valence-corrected chi connectivity index (χ0v) is 10.4. The van der Waals surface area contributed by atoms with E-state index in [1.165, 1.54) is 11.3 Å². The summed E-state index contributed by atoms with van der Waals surface area (Å²) in [5, 5.41) is 2.52. The summed E-state index contributed by atoms with van der Waals surface area (Å²) in [4.78, 5) is 4.22. The van der Waals surface area contributed by atoms with Crippen LogP contribution in [0, 0.1) is 0 Å². The number of methoxy groups -OCH3 is 1. The van der Waals surface area contributed by atoms with Crippen LogP contribution in [0.1, 0.15) is 0 Å². The highest BCUT2D eigenvalue weighted by molar-refractivity contribution is 7.13. The van der Waals surface area contributed by atoms with Crippen molar-refractivity contribution in [2.45, 2.75) is 0 Å². The predicted molar refractivity (Wildman–Crippen MR) is 69.3 cm³/mol. The number of thiazole rings is 1. The number of hydrogen-bond donors (Lipinski definition) is 1. The van der Waals surface area contributed by atoms with Crippen molar-refractivity contribution in [1.82, 2.24) is 4.98 Å². The molecule has 0 unspecified atom stereocenters. The molecule has 0 spiro atoms. The van der Waals surface area contributed by atoms with Crippen LogP contribution in [0.25, 0.3) is 11.3 Å². The molecular formula is C12H14N2O2S. The topological polar surface area (TPSA) is 57.4 Å². The average Bonchev–Trinajstić information content (AvgIpc) is 2.77. The molecule has 1 aromatic heterocycles. The molecule has 2 rings (SSSR count). The van der Waals surface area contributed by atoms with Gasteiger partial charge in [-0.05, 0) is 24.3 Å². The van der Waals surface area contributed by atoms with Crippen molar-refractivity contribution in [3.63, 3.8) is 0 Å².